The zero-order valence-corrected chi connectivity index (χ0v) is 18.0. The fraction of sp³-hybridized carbons (Fsp3) is 0.217. The molecule has 0 fully saturated rings. The van der Waals surface area contributed by atoms with Crippen LogP contribution in [0.4, 0.5) is 4.39 Å². The van der Waals surface area contributed by atoms with Gasteiger partial charge in [0, 0.05) is 37.1 Å². The van der Waals surface area contributed by atoms with Crippen molar-refractivity contribution < 1.29 is 14.0 Å². The summed E-state index contributed by atoms with van der Waals surface area (Å²) in [5.74, 6) is -0.793. The van der Waals surface area contributed by atoms with Crippen LogP contribution in [0.25, 0.3) is 11.1 Å². The summed E-state index contributed by atoms with van der Waals surface area (Å²) in [7, 11) is 3.04. The van der Waals surface area contributed by atoms with Gasteiger partial charge in [0.25, 0.3) is 5.91 Å². The van der Waals surface area contributed by atoms with E-state index in [4.69, 9.17) is 10.6 Å². The van der Waals surface area contributed by atoms with Crippen LogP contribution >= 0.6 is 0 Å². The molecule has 0 aliphatic carbocycles. The first-order chi connectivity index (χ1) is 15.4. The number of halogens is 1. The molecule has 0 saturated heterocycles. The molecule has 2 aromatic heterocycles. The third kappa shape index (κ3) is 3.31. The molecule has 1 amide bonds. The first-order valence-corrected chi connectivity index (χ1v) is 10.0. The molecule has 1 atom stereocenters. The summed E-state index contributed by atoms with van der Waals surface area (Å²) in [5.41, 5.74) is 7.52. The Morgan fingerprint density at radius 1 is 1.25 bits per heavy atom. The van der Waals surface area contributed by atoms with E-state index in [2.05, 4.69) is 15.1 Å². The number of pyridine rings is 1. The Kier molecular flexibility index (Phi) is 5.48. The van der Waals surface area contributed by atoms with Crippen molar-refractivity contribution in [3.8, 4) is 11.1 Å². The highest BCUT2D eigenvalue weighted by Gasteiger charge is 2.50. The van der Waals surface area contributed by atoms with Gasteiger partial charge in [0.2, 0.25) is 5.95 Å². The molecule has 4 rings (SSSR count). The van der Waals surface area contributed by atoms with Crippen LogP contribution in [-0.2, 0) is 21.7 Å². The number of nitrogens with two attached hydrogens (primary N) is 1. The van der Waals surface area contributed by atoms with Gasteiger partial charge in [-0.2, -0.15) is 4.39 Å². The number of hydrogen-bond acceptors (Lipinski definition) is 6. The molecule has 0 bridgehead atoms. The summed E-state index contributed by atoms with van der Waals surface area (Å²) in [4.78, 5) is 28.0. The number of aryl methyl sites for hydroxylation is 1. The SMILES string of the molecule is CCn1cc(C2(c3cccc(-c4cccnc4F)c3)N=C(N)N(C)C2=O)cc1/C=N/OC. The number of aliphatic imine (C=N–C) groups is 1. The second-order valence-corrected chi connectivity index (χ2v) is 7.32. The van der Waals surface area contributed by atoms with E-state index in [0.717, 1.165) is 5.69 Å². The Labute approximate surface area is 184 Å². The molecule has 164 valence electrons. The van der Waals surface area contributed by atoms with E-state index in [1.54, 1.807) is 49.7 Å². The lowest BCUT2D eigenvalue weighted by Crippen LogP contribution is -2.41. The molecule has 0 saturated carbocycles. The van der Waals surface area contributed by atoms with E-state index >= 15 is 0 Å². The van der Waals surface area contributed by atoms with E-state index in [0.29, 0.717) is 28.8 Å². The number of hydrogen-bond donors (Lipinski definition) is 1. The molecule has 1 aliphatic heterocycles. The average molecular weight is 434 g/mol. The van der Waals surface area contributed by atoms with E-state index < -0.39 is 11.5 Å². The molecule has 8 nitrogen and oxygen atoms in total. The molecule has 2 N–H and O–H groups in total. The summed E-state index contributed by atoms with van der Waals surface area (Å²) in [6.45, 7) is 2.62. The molecule has 3 aromatic rings. The quantitative estimate of drug-likeness (QED) is 0.366. The third-order valence-electron chi connectivity index (χ3n) is 5.57. The standard InChI is InChI=1S/C23H23FN6O2/c1-4-30-14-17(12-18(30)13-27-32-3)23(21(31)29(2)22(25)28-23)16-8-5-7-15(11-16)19-9-6-10-26-20(19)24/h5-14H,4H2,1-3H3,(H2,25,28)/b27-13+. The maximum Gasteiger partial charge on any atom is 0.266 e. The number of benzene rings is 1. The Bertz CT molecular complexity index is 1230. The van der Waals surface area contributed by atoms with Crippen LogP contribution in [0.5, 0.6) is 0 Å². The second kappa shape index (κ2) is 8.26. The monoisotopic (exact) mass is 434 g/mol. The minimum atomic E-state index is -1.41. The van der Waals surface area contributed by atoms with Crippen molar-refractivity contribution in [1.29, 1.82) is 0 Å². The van der Waals surface area contributed by atoms with Gasteiger partial charge in [-0.05, 0) is 42.3 Å². The maximum atomic E-state index is 14.4. The zero-order valence-electron chi connectivity index (χ0n) is 18.0. The predicted octanol–water partition coefficient (Wildman–Crippen LogP) is 2.72. The van der Waals surface area contributed by atoms with E-state index in [1.807, 2.05) is 23.8 Å². The van der Waals surface area contributed by atoms with Crippen LogP contribution in [0.3, 0.4) is 0 Å². The Hall–Kier alpha value is -4.01. The van der Waals surface area contributed by atoms with Crippen molar-refractivity contribution in [3.63, 3.8) is 0 Å². The number of rotatable bonds is 6. The van der Waals surface area contributed by atoms with Gasteiger partial charge >= 0.3 is 0 Å². The fourth-order valence-corrected chi connectivity index (χ4v) is 3.91. The molecular weight excluding hydrogens is 411 g/mol. The second-order valence-electron chi connectivity index (χ2n) is 7.32. The van der Waals surface area contributed by atoms with Crippen molar-refractivity contribution in [1.82, 2.24) is 14.5 Å². The normalized spacial score (nSPS) is 18.4. The molecule has 1 unspecified atom stereocenters. The van der Waals surface area contributed by atoms with E-state index in [1.165, 1.54) is 18.2 Å². The molecule has 3 heterocycles. The highest BCUT2D eigenvalue weighted by atomic mass is 19.1. The van der Waals surface area contributed by atoms with Gasteiger partial charge < -0.3 is 15.1 Å². The number of amides is 1. The van der Waals surface area contributed by atoms with Crippen LogP contribution in [0.2, 0.25) is 0 Å². The molecule has 9 heteroatoms. The Balaban J connectivity index is 1.94. The van der Waals surface area contributed by atoms with Crippen LogP contribution < -0.4 is 5.73 Å². The van der Waals surface area contributed by atoms with Crippen molar-refractivity contribution in [2.45, 2.75) is 19.0 Å². The minimum Gasteiger partial charge on any atom is -0.399 e. The number of carbonyl (C=O) groups is 1. The van der Waals surface area contributed by atoms with Gasteiger partial charge in [-0.25, -0.2) is 9.98 Å². The molecule has 0 spiro atoms. The van der Waals surface area contributed by atoms with Crippen LogP contribution in [0.1, 0.15) is 23.7 Å². The van der Waals surface area contributed by atoms with Crippen molar-refractivity contribution in [2.24, 2.45) is 15.9 Å². The zero-order chi connectivity index (χ0) is 22.9. The summed E-state index contributed by atoms with van der Waals surface area (Å²) in [6.07, 6.45) is 4.81. The van der Waals surface area contributed by atoms with Gasteiger partial charge in [0.15, 0.2) is 11.5 Å². The van der Waals surface area contributed by atoms with Crippen LogP contribution in [0.15, 0.2) is 65.0 Å². The lowest BCUT2D eigenvalue weighted by atomic mass is 9.83. The Morgan fingerprint density at radius 3 is 2.72 bits per heavy atom. The van der Waals surface area contributed by atoms with Crippen LogP contribution in [0, 0.1) is 5.95 Å². The number of nitrogens with zero attached hydrogens (tertiary/aromatic N) is 5. The molecule has 0 radical (unpaired) electrons. The summed E-state index contributed by atoms with van der Waals surface area (Å²) in [5, 5.41) is 3.85. The van der Waals surface area contributed by atoms with Crippen molar-refractivity contribution in [3.05, 3.63) is 77.6 Å². The fourth-order valence-electron chi connectivity index (χ4n) is 3.91. The summed E-state index contributed by atoms with van der Waals surface area (Å²) < 4.78 is 16.3. The predicted molar refractivity (Wildman–Crippen MR) is 120 cm³/mol. The molecule has 1 aliphatic rings. The number of guanidine groups is 1. The lowest BCUT2D eigenvalue weighted by molar-refractivity contribution is -0.129. The van der Waals surface area contributed by atoms with Crippen molar-refractivity contribution in [2.75, 3.05) is 14.2 Å². The first kappa shape index (κ1) is 21.2. The maximum absolute atomic E-state index is 14.4. The highest BCUT2D eigenvalue weighted by Crippen LogP contribution is 2.41. The van der Waals surface area contributed by atoms with Gasteiger partial charge in [0.1, 0.15) is 7.11 Å². The van der Waals surface area contributed by atoms with E-state index in [-0.39, 0.29) is 11.9 Å². The van der Waals surface area contributed by atoms with Crippen molar-refractivity contribution >= 4 is 18.1 Å². The summed E-state index contributed by atoms with van der Waals surface area (Å²) >= 11 is 0. The lowest BCUT2D eigenvalue weighted by Gasteiger charge is -2.25. The van der Waals surface area contributed by atoms with Crippen LogP contribution in [-0.4, -0.2) is 46.7 Å². The number of aromatic nitrogens is 2. The third-order valence-corrected chi connectivity index (χ3v) is 5.57. The highest BCUT2D eigenvalue weighted by molar-refractivity contribution is 6.09. The minimum absolute atomic E-state index is 0.101. The smallest absolute Gasteiger partial charge is 0.266 e. The Morgan fingerprint density at radius 2 is 2.06 bits per heavy atom. The molecular formula is C23H23FN6O2. The topological polar surface area (TPSA) is 98.1 Å². The largest absolute Gasteiger partial charge is 0.399 e. The first-order valence-electron chi connectivity index (χ1n) is 10.0. The van der Waals surface area contributed by atoms with Gasteiger partial charge in [0.05, 0.1) is 11.9 Å². The number of carbonyl (C=O) groups excluding carboxylic acids is 1. The number of likely N-dealkylation sites (N-methyl/N-ethyl adjacent to an activating group) is 1. The van der Waals surface area contributed by atoms with E-state index in [9.17, 15) is 9.18 Å². The molecule has 32 heavy (non-hydrogen) atoms. The van der Waals surface area contributed by atoms with Gasteiger partial charge in [-0.15, -0.1) is 0 Å². The number of oxime groups is 1. The van der Waals surface area contributed by atoms with Gasteiger partial charge in [-0.1, -0.05) is 23.4 Å². The average Bonchev–Trinajstić information content (AvgIpc) is 3.33. The molecule has 1 aromatic carbocycles. The van der Waals surface area contributed by atoms with Gasteiger partial charge in [-0.3, -0.25) is 9.69 Å². The summed E-state index contributed by atoms with van der Waals surface area (Å²) in [6, 6.07) is 12.2.